The van der Waals surface area contributed by atoms with Crippen molar-refractivity contribution in [1.82, 2.24) is 4.90 Å². The van der Waals surface area contributed by atoms with Crippen molar-refractivity contribution in [2.75, 3.05) is 20.2 Å². The number of piperidine rings is 1. The summed E-state index contributed by atoms with van der Waals surface area (Å²) >= 11 is 0. The zero-order valence-electron chi connectivity index (χ0n) is 10.2. The lowest BCUT2D eigenvalue weighted by molar-refractivity contribution is 0.0266. The van der Waals surface area contributed by atoms with Crippen LogP contribution in [0, 0.1) is 5.82 Å². The molecule has 0 aliphatic carbocycles. The Morgan fingerprint density at radius 2 is 2.33 bits per heavy atom. The maximum Gasteiger partial charge on any atom is 0.256 e. The summed E-state index contributed by atoms with van der Waals surface area (Å²) < 4.78 is 18.8. The van der Waals surface area contributed by atoms with E-state index in [9.17, 15) is 9.18 Å². The molecule has 0 radical (unpaired) electrons. The fraction of sp³-hybridized carbons (Fsp3) is 0.462. The Morgan fingerprint density at radius 3 is 3.00 bits per heavy atom. The molecule has 2 rings (SSSR count). The van der Waals surface area contributed by atoms with Gasteiger partial charge in [-0.2, -0.15) is 0 Å². The molecule has 1 heterocycles. The fourth-order valence-electron chi connectivity index (χ4n) is 2.16. The van der Waals surface area contributed by atoms with Gasteiger partial charge in [0.15, 0.2) is 0 Å². The molecule has 1 aromatic carbocycles. The average molecular weight is 253 g/mol. The molecule has 0 aromatic heterocycles. The first-order valence-electron chi connectivity index (χ1n) is 5.92. The summed E-state index contributed by atoms with van der Waals surface area (Å²) in [6.07, 6.45) is 1.78. The van der Waals surface area contributed by atoms with Gasteiger partial charge in [0, 0.05) is 26.3 Å². The van der Waals surface area contributed by atoms with Gasteiger partial charge in [0.25, 0.3) is 5.91 Å². The minimum atomic E-state index is -0.695. The number of hydrogen-bond donors (Lipinski definition) is 1. The van der Waals surface area contributed by atoms with Gasteiger partial charge in [0.05, 0.1) is 11.7 Å². The normalized spacial score (nSPS) is 19.9. The topological polar surface area (TPSA) is 49.8 Å². The highest BCUT2D eigenvalue weighted by Crippen LogP contribution is 2.20. The number of likely N-dealkylation sites (tertiary alicyclic amines) is 1. The SMILES string of the molecule is COC1CCCN(C(=O)c2ccc(O)cc2F)C1. The third-order valence-electron chi connectivity index (χ3n) is 3.18. The van der Waals surface area contributed by atoms with E-state index in [1.165, 1.54) is 12.1 Å². The van der Waals surface area contributed by atoms with Crippen LogP contribution in [-0.2, 0) is 4.74 Å². The molecule has 1 amide bonds. The molecule has 0 bridgehead atoms. The zero-order valence-corrected chi connectivity index (χ0v) is 10.2. The highest BCUT2D eigenvalue weighted by molar-refractivity contribution is 5.94. The predicted octanol–water partition coefficient (Wildman–Crippen LogP) is 1.78. The summed E-state index contributed by atoms with van der Waals surface area (Å²) in [4.78, 5) is 13.7. The monoisotopic (exact) mass is 253 g/mol. The lowest BCUT2D eigenvalue weighted by Crippen LogP contribution is -2.43. The maximum atomic E-state index is 13.6. The van der Waals surface area contributed by atoms with Gasteiger partial charge < -0.3 is 14.7 Å². The van der Waals surface area contributed by atoms with Gasteiger partial charge in [-0.25, -0.2) is 4.39 Å². The summed E-state index contributed by atoms with van der Waals surface area (Å²) in [5.74, 6) is -1.23. The molecule has 1 atom stereocenters. The number of phenolic OH excluding ortho intramolecular Hbond substituents is 1. The van der Waals surface area contributed by atoms with Crippen LogP contribution in [0.4, 0.5) is 4.39 Å². The second-order valence-corrected chi connectivity index (χ2v) is 4.42. The van der Waals surface area contributed by atoms with Crippen molar-refractivity contribution < 1.29 is 19.0 Å². The first-order valence-corrected chi connectivity index (χ1v) is 5.92. The van der Waals surface area contributed by atoms with Gasteiger partial charge >= 0.3 is 0 Å². The Labute approximate surface area is 105 Å². The Hall–Kier alpha value is -1.62. The highest BCUT2D eigenvalue weighted by atomic mass is 19.1. The molecule has 1 aliphatic heterocycles. The van der Waals surface area contributed by atoms with E-state index in [0.29, 0.717) is 13.1 Å². The van der Waals surface area contributed by atoms with E-state index in [4.69, 9.17) is 9.84 Å². The van der Waals surface area contributed by atoms with Crippen molar-refractivity contribution >= 4 is 5.91 Å². The minimum absolute atomic E-state index is 0.00967. The van der Waals surface area contributed by atoms with Crippen molar-refractivity contribution in [3.8, 4) is 5.75 Å². The second-order valence-electron chi connectivity index (χ2n) is 4.42. The van der Waals surface area contributed by atoms with Crippen LogP contribution in [0.5, 0.6) is 5.75 Å². The summed E-state index contributed by atoms with van der Waals surface area (Å²) in [5.41, 5.74) is -0.00967. The van der Waals surface area contributed by atoms with Gasteiger partial charge in [-0.05, 0) is 25.0 Å². The molecule has 0 saturated carbocycles. The Morgan fingerprint density at radius 1 is 1.56 bits per heavy atom. The number of methoxy groups -OCH3 is 1. The first-order chi connectivity index (χ1) is 8.61. The molecule has 1 aliphatic rings. The van der Waals surface area contributed by atoms with Gasteiger partial charge in [-0.3, -0.25) is 4.79 Å². The number of hydrogen-bond acceptors (Lipinski definition) is 3. The fourth-order valence-corrected chi connectivity index (χ4v) is 2.16. The number of aromatic hydroxyl groups is 1. The quantitative estimate of drug-likeness (QED) is 0.874. The van der Waals surface area contributed by atoms with Crippen molar-refractivity contribution in [2.45, 2.75) is 18.9 Å². The molecule has 98 valence electrons. The summed E-state index contributed by atoms with van der Waals surface area (Å²) in [7, 11) is 1.61. The van der Waals surface area contributed by atoms with Gasteiger partial charge in [-0.15, -0.1) is 0 Å². The molecule has 5 heteroatoms. The van der Waals surface area contributed by atoms with Crippen molar-refractivity contribution in [2.24, 2.45) is 0 Å². The Balaban J connectivity index is 2.15. The van der Waals surface area contributed by atoms with E-state index in [-0.39, 0.29) is 23.3 Å². The lowest BCUT2D eigenvalue weighted by atomic mass is 10.1. The molecular formula is C13H16FNO3. The molecule has 1 unspecified atom stereocenters. The molecule has 18 heavy (non-hydrogen) atoms. The number of amides is 1. The van der Waals surface area contributed by atoms with E-state index >= 15 is 0 Å². The smallest absolute Gasteiger partial charge is 0.256 e. The van der Waals surface area contributed by atoms with Crippen LogP contribution in [0.1, 0.15) is 23.2 Å². The van der Waals surface area contributed by atoms with Crippen LogP contribution < -0.4 is 0 Å². The molecule has 1 aromatic rings. The zero-order chi connectivity index (χ0) is 13.1. The van der Waals surface area contributed by atoms with Crippen molar-refractivity contribution in [3.63, 3.8) is 0 Å². The second kappa shape index (κ2) is 5.35. The molecular weight excluding hydrogens is 237 g/mol. The van der Waals surface area contributed by atoms with E-state index in [0.717, 1.165) is 18.9 Å². The number of phenols is 1. The predicted molar refractivity (Wildman–Crippen MR) is 64.0 cm³/mol. The Kier molecular flexibility index (Phi) is 3.81. The van der Waals surface area contributed by atoms with E-state index in [1.54, 1.807) is 12.0 Å². The average Bonchev–Trinajstić information content (AvgIpc) is 2.38. The van der Waals surface area contributed by atoms with Crippen LogP contribution in [0.15, 0.2) is 18.2 Å². The summed E-state index contributed by atoms with van der Waals surface area (Å²) in [6.45, 7) is 1.09. The van der Waals surface area contributed by atoms with Crippen LogP contribution in [0.25, 0.3) is 0 Å². The number of nitrogens with zero attached hydrogens (tertiary/aromatic N) is 1. The Bertz CT molecular complexity index is 450. The molecule has 1 fully saturated rings. The molecule has 1 N–H and O–H groups in total. The standard InChI is InChI=1S/C13H16FNO3/c1-18-10-3-2-6-15(8-10)13(17)11-5-4-9(16)7-12(11)14/h4-5,7,10,16H,2-3,6,8H2,1H3. The van der Waals surface area contributed by atoms with E-state index < -0.39 is 5.82 Å². The van der Waals surface area contributed by atoms with Gasteiger partial charge in [0.1, 0.15) is 11.6 Å². The molecule has 4 nitrogen and oxygen atoms in total. The molecule has 0 spiro atoms. The number of ether oxygens (including phenoxy) is 1. The number of rotatable bonds is 2. The summed E-state index contributed by atoms with van der Waals surface area (Å²) in [6, 6.07) is 3.57. The summed E-state index contributed by atoms with van der Waals surface area (Å²) in [5, 5.41) is 9.12. The number of carbonyl (C=O) groups is 1. The van der Waals surface area contributed by atoms with Crippen molar-refractivity contribution in [3.05, 3.63) is 29.6 Å². The minimum Gasteiger partial charge on any atom is -0.508 e. The van der Waals surface area contributed by atoms with Crippen molar-refractivity contribution in [1.29, 1.82) is 0 Å². The van der Waals surface area contributed by atoms with E-state index in [2.05, 4.69) is 0 Å². The van der Waals surface area contributed by atoms with Crippen LogP contribution in [0.2, 0.25) is 0 Å². The molecule has 1 saturated heterocycles. The third-order valence-corrected chi connectivity index (χ3v) is 3.18. The van der Waals surface area contributed by atoms with Crippen LogP contribution >= 0.6 is 0 Å². The highest BCUT2D eigenvalue weighted by Gasteiger charge is 2.25. The maximum absolute atomic E-state index is 13.6. The third kappa shape index (κ3) is 2.61. The lowest BCUT2D eigenvalue weighted by Gasteiger charge is -2.32. The number of halogens is 1. The van der Waals surface area contributed by atoms with E-state index in [1.807, 2.05) is 0 Å². The van der Waals surface area contributed by atoms with Gasteiger partial charge in [0.2, 0.25) is 0 Å². The van der Waals surface area contributed by atoms with Crippen LogP contribution in [0.3, 0.4) is 0 Å². The van der Waals surface area contributed by atoms with Gasteiger partial charge in [-0.1, -0.05) is 0 Å². The first kappa shape index (κ1) is 12.8. The number of carbonyl (C=O) groups excluding carboxylic acids is 1. The number of benzene rings is 1. The largest absolute Gasteiger partial charge is 0.508 e. The van der Waals surface area contributed by atoms with Crippen LogP contribution in [-0.4, -0.2) is 42.2 Å².